The third-order valence-corrected chi connectivity index (χ3v) is 5.72. The SMILES string of the molecule is Cl.Cl.O=C(O)c1cc(I)c(I)c(C(=O)O)c1I. The van der Waals surface area contributed by atoms with Crippen LogP contribution in [0.15, 0.2) is 6.07 Å². The highest BCUT2D eigenvalue weighted by Gasteiger charge is 2.21. The molecule has 0 aliphatic carbocycles. The molecule has 0 heterocycles. The van der Waals surface area contributed by atoms with Crippen molar-refractivity contribution in [1.29, 1.82) is 0 Å². The molecule has 4 nitrogen and oxygen atoms in total. The summed E-state index contributed by atoms with van der Waals surface area (Å²) in [7, 11) is 0. The van der Waals surface area contributed by atoms with Crippen LogP contribution in [0.1, 0.15) is 20.7 Å². The maximum Gasteiger partial charge on any atom is 0.337 e. The molecule has 0 fully saturated rings. The van der Waals surface area contributed by atoms with Crippen LogP contribution in [-0.2, 0) is 0 Å². The normalized spacial score (nSPS) is 8.88. The van der Waals surface area contributed by atoms with Gasteiger partial charge in [-0.2, -0.15) is 0 Å². The highest BCUT2D eigenvalue weighted by atomic mass is 127. The van der Waals surface area contributed by atoms with Gasteiger partial charge in [-0.15, -0.1) is 24.8 Å². The van der Waals surface area contributed by atoms with Gasteiger partial charge >= 0.3 is 11.9 Å². The van der Waals surface area contributed by atoms with Crippen molar-refractivity contribution in [3.63, 3.8) is 0 Å². The van der Waals surface area contributed by atoms with Crippen LogP contribution in [-0.4, -0.2) is 22.2 Å². The molecule has 0 radical (unpaired) electrons. The monoisotopic (exact) mass is 616 g/mol. The number of carboxylic acids is 2. The van der Waals surface area contributed by atoms with Gasteiger partial charge in [-0.3, -0.25) is 0 Å². The van der Waals surface area contributed by atoms with Crippen LogP contribution in [0.2, 0.25) is 0 Å². The molecular weight excluding hydrogens is 612 g/mol. The Hall–Kier alpha value is 0.930. The fourth-order valence-corrected chi connectivity index (χ4v) is 3.59. The average molecular weight is 617 g/mol. The van der Waals surface area contributed by atoms with Crippen molar-refractivity contribution < 1.29 is 19.8 Å². The van der Waals surface area contributed by atoms with Gasteiger partial charge in [0.05, 0.1) is 11.1 Å². The van der Waals surface area contributed by atoms with Gasteiger partial charge in [0.2, 0.25) is 0 Å². The molecule has 0 saturated carbocycles. The zero-order chi connectivity index (χ0) is 11.7. The molecule has 1 aromatic rings. The number of rotatable bonds is 2. The van der Waals surface area contributed by atoms with E-state index in [-0.39, 0.29) is 39.5 Å². The Kier molecular flexibility index (Phi) is 9.73. The Labute approximate surface area is 150 Å². The lowest BCUT2D eigenvalue weighted by molar-refractivity contribution is 0.0694. The molecule has 0 aliphatic heterocycles. The lowest BCUT2D eigenvalue weighted by Crippen LogP contribution is -2.11. The maximum atomic E-state index is 11.0. The van der Waals surface area contributed by atoms with Gasteiger partial charge in [0, 0.05) is 10.7 Å². The smallest absolute Gasteiger partial charge is 0.337 e. The van der Waals surface area contributed by atoms with E-state index in [4.69, 9.17) is 10.2 Å². The summed E-state index contributed by atoms with van der Waals surface area (Å²) in [6, 6.07) is 1.47. The minimum absolute atomic E-state index is 0. The summed E-state index contributed by atoms with van der Waals surface area (Å²) in [6.45, 7) is 0. The van der Waals surface area contributed by atoms with E-state index in [1.165, 1.54) is 6.07 Å². The van der Waals surface area contributed by atoms with E-state index in [0.717, 1.165) is 0 Å². The van der Waals surface area contributed by atoms with Crippen molar-refractivity contribution >= 4 is 105 Å². The second-order valence-electron chi connectivity index (χ2n) is 2.52. The van der Waals surface area contributed by atoms with Crippen LogP contribution in [0.5, 0.6) is 0 Å². The third-order valence-electron chi connectivity index (χ3n) is 1.60. The molecule has 0 spiro atoms. The number of benzene rings is 1. The largest absolute Gasteiger partial charge is 0.478 e. The molecule has 1 aromatic carbocycles. The zero-order valence-corrected chi connectivity index (χ0v) is 15.8. The van der Waals surface area contributed by atoms with E-state index in [0.29, 0.717) is 7.14 Å². The summed E-state index contributed by atoms with van der Waals surface area (Å²) in [5, 5.41) is 17.9. The quantitative estimate of drug-likeness (QED) is 0.393. The number of halogens is 5. The fraction of sp³-hybridized carbons (Fsp3) is 0. The second kappa shape index (κ2) is 8.17. The number of aromatic carboxylic acids is 2. The number of hydrogen-bond acceptors (Lipinski definition) is 2. The lowest BCUT2D eigenvalue weighted by atomic mass is 10.1. The summed E-state index contributed by atoms with van der Waals surface area (Å²) in [6.07, 6.45) is 0. The molecule has 0 aliphatic rings. The van der Waals surface area contributed by atoms with Crippen molar-refractivity contribution in [2.24, 2.45) is 0 Å². The van der Waals surface area contributed by atoms with Gasteiger partial charge in [-0.25, -0.2) is 9.59 Å². The van der Waals surface area contributed by atoms with Crippen molar-refractivity contribution in [3.8, 4) is 0 Å². The van der Waals surface area contributed by atoms with Crippen molar-refractivity contribution in [2.75, 3.05) is 0 Å². The Bertz CT molecular complexity index is 465. The summed E-state index contributed by atoms with van der Waals surface area (Å²) in [5.74, 6) is -2.22. The van der Waals surface area contributed by atoms with E-state index in [9.17, 15) is 9.59 Å². The predicted octanol–water partition coefficient (Wildman–Crippen LogP) is 3.74. The topological polar surface area (TPSA) is 74.6 Å². The minimum atomic E-state index is -1.11. The Balaban J connectivity index is 0. The molecular formula is C8H5Cl2I3O4. The van der Waals surface area contributed by atoms with Gasteiger partial charge in [0.25, 0.3) is 0 Å². The van der Waals surface area contributed by atoms with Crippen LogP contribution in [0.4, 0.5) is 0 Å². The fourth-order valence-electron chi connectivity index (χ4n) is 0.947. The van der Waals surface area contributed by atoms with Gasteiger partial charge in [0.15, 0.2) is 0 Å². The second-order valence-corrected chi connectivity index (χ2v) is 5.84. The molecule has 1 rings (SSSR count). The van der Waals surface area contributed by atoms with Crippen LogP contribution < -0.4 is 0 Å². The van der Waals surface area contributed by atoms with E-state index in [1.807, 2.05) is 45.2 Å². The van der Waals surface area contributed by atoms with Crippen LogP contribution in [0.25, 0.3) is 0 Å². The van der Waals surface area contributed by atoms with Crippen LogP contribution in [0.3, 0.4) is 0 Å². The highest BCUT2D eigenvalue weighted by molar-refractivity contribution is 14.1. The molecule has 2 N–H and O–H groups in total. The van der Waals surface area contributed by atoms with E-state index in [2.05, 4.69) is 0 Å². The summed E-state index contributed by atoms with van der Waals surface area (Å²) in [5.41, 5.74) is 0.0818. The maximum absolute atomic E-state index is 11.0. The molecule has 9 heteroatoms. The summed E-state index contributed by atoms with van der Waals surface area (Å²) in [4.78, 5) is 21.8. The third kappa shape index (κ3) is 4.51. The molecule has 0 atom stereocenters. The minimum Gasteiger partial charge on any atom is -0.478 e. The number of carbonyl (C=O) groups is 2. The predicted molar refractivity (Wildman–Crippen MR) is 93.0 cm³/mol. The average Bonchev–Trinajstić information content (AvgIpc) is 2.10. The van der Waals surface area contributed by atoms with E-state index >= 15 is 0 Å². The molecule has 0 saturated heterocycles. The van der Waals surface area contributed by atoms with Gasteiger partial charge in [0.1, 0.15) is 0 Å². The molecule has 0 aromatic heterocycles. The van der Waals surface area contributed by atoms with E-state index in [1.54, 1.807) is 22.6 Å². The lowest BCUT2D eigenvalue weighted by Gasteiger charge is -2.08. The van der Waals surface area contributed by atoms with Crippen molar-refractivity contribution in [1.82, 2.24) is 0 Å². The summed E-state index contributed by atoms with van der Waals surface area (Å²) >= 11 is 5.57. The Morgan fingerprint density at radius 2 is 1.41 bits per heavy atom. The number of hydrogen-bond donors (Lipinski definition) is 2. The molecule has 17 heavy (non-hydrogen) atoms. The van der Waals surface area contributed by atoms with Gasteiger partial charge in [-0.1, -0.05) is 0 Å². The molecule has 0 unspecified atom stereocenters. The molecule has 96 valence electrons. The molecule has 0 bridgehead atoms. The zero-order valence-electron chi connectivity index (χ0n) is 7.74. The first-order valence-corrected chi connectivity index (χ1v) is 6.74. The Morgan fingerprint density at radius 1 is 0.941 bits per heavy atom. The van der Waals surface area contributed by atoms with Gasteiger partial charge in [-0.05, 0) is 73.8 Å². The highest BCUT2D eigenvalue weighted by Crippen LogP contribution is 2.27. The number of carboxylic acid groups (broad SMARTS) is 2. The Morgan fingerprint density at radius 3 is 1.76 bits per heavy atom. The molecule has 0 amide bonds. The first-order chi connectivity index (χ1) is 6.86. The van der Waals surface area contributed by atoms with Crippen LogP contribution in [0, 0.1) is 10.7 Å². The van der Waals surface area contributed by atoms with Crippen molar-refractivity contribution in [3.05, 3.63) is 27.9 Å². The first-order valence-electron chi connectivity index (χ1n) is 3.50. The van der Waals surface area contributed by atoms with Crippen molar-refractivity contribution in [2.45, 2.75) is 0 Å². The van der Waals surface area contributed by atoms with E-state index < -0.39 is 11.9 Å². The first kappa shape index (κ1) is 20.3. The van der Waals surface area contributed by atoms with Gasteiger partial charge < -0.3 is 10.2 Å². The van der Waals surface area contributed by atoms with Crippen LogP contribution >= 0.6 is 92.6 Å². The summed E-state index contributed by atoms with van der Waals surface area (Å²) < 4.78 is 1.45. The standard InChI is InChI=1S/C8H3I3O4.2ClH/c9-3-1-2(7(12)13)5(10)4(6(3)11)8(14)15;;/h1H,(H,12,13)(H,14,15);2*1H.